The molecule has 1 aliphatic carbocycles. The molecule has 0 saturated heterocycles. The van der Waals surface area contributed by atoms with E-state index in [1.165, 1.54) is 38.2 Å². The van der Waals surface area contributed by atoms with Gasteiger partial charge in [-0.05, 0) is 18.4 Å². The van der Waals surface area contributed by atoms with Gasteiger partial charge in [0.1, 0.15) is 5.82 Å². The fourth-order valence-electron chi connectivity index (χ4n) is 2.73. The third-order valence-corrected chi connectivity index (χ3v) is 3.94. The Labute approximate surface area is 114 Å². The average Bonchev–Trinajstić information content (AvgIpc) is 2.45. The first-order valence-electron chi connectivity index (χ1n) is 7.26. The summed E-state index contributed by atoms with van der Waals surface area (Å²) in [6, 6.07) is 6.57. The van der Waals surface area contributed by atoms with Gasteiger partial charge in [-0.25, -0.2) is 4.39 Å². The molecule has 0 unspecified atom stereocenters. The van der Waals surface area contributed by atoms with Crippen molar-refractivity contribution in [1.29, 1.82) is 0 Å². The number of carbonyl (C=O) groups is 1. The van der Waals surface area contributed by atoms with Gasteiger partial charge in [0.25, 0.3) is 0 Å². The van der Waals surface area contributed by atoms with E-state index in [4.69, 9.17) is 0 Å². The molecule has 1 fully saturated rings. The normalized spacial score (nSPS) is 16.3. The summed E-state index contributed by atoms with van der Waals surface area (Å²) in [6.45, 7) is 0.288. The summed E-state index contributed by atoms with van der Waals surface area (Å²) in [4.78, 5) is 11.7. The highest BCUT2D eigenvalue weighted by Gasteiger charge is 2.14. The van der Waals surface area contributed by atoms with Gasteiger partial charge in [0.05, 0.1) is 0 Å². The number of rotatable bonds is 5. The molecule has 1 aromatic rings. The molecule has 1 saturated carbocycles. The minimum absolute atomic E-state index is 0.0360. The lowest BCUT2D eigenvalue weighted by Crippen LogP contribution is -2.24. The smallest absolute Gasteiger partial charge is 0.220 e. The van der Waals surface area contributed by atoms with E-state index in [-0.39, 0.29) is 18.3 Å². The van der Waals surface area contributed by atoms with Crippen LogP contribution in [0.15, 0.2) is 24.3 Å². The van der Waals surface area contributed by atoms with Crippen molar-refractivity contribution in [3.63, 3.8) is 0 Å². The molecule has 0 radical (unpaired) electrons. The number of nitrogens with one attached hydrogen (secondary N) is 1. The van der Waals surface area contributed by atoms with Crippen LogP contribution in [0, 0.1) is 11.7 Å². The monoisotopic (exact) mass is 263 g/mol. The molecular formula is C16H22FNO. The van der Waals surface area contributed by atoms with Crippen molar-refractivity contribution < 1.29 is 9.18 Å². The van der Waals surface area contributed by atoms with Crippen LogP contribution in [0.4, 0.5) is 4.39 Å². The summed E-state index contributed by atoms with van der Waals surface area (Å²) in [7, 11) is 0. The maximum absolute atomic E-state index is 13.4. The first-order chi connectivity index (χ1) is 9.25. The van der Waals surface area contributed by atoms with Crippen LogP contribution in [0.5, 0.6) is 0 Å². The van der Waals surface area contributed by atoms with Gasteiger partial charge in [0, 0.05) is 18.5 Å². The van der Waals surface area contributed by atoms with Gasteiger partial charge in [-0.2, -0.15) is 0 Å². The standard InChI is InChI=1S/C16H22FNO/c17-15-9-5-4-8-14(15)12-18-16(19)11-10-13-6-2-1-3-7-13/h4-5,8-9,13H,1-3,6-7,10-12H2,(H,18,19). The molecule has 19 heavy (non-hydrogen) atoms. The topological polar surface area (TPSA) is 29.1 Å². The van der Waals surface area contributed by atoms with Gasteiger partial charge in [-0.1, -0.05) is 50.3 Å². The highest BCUT2D eigenvalue weighted by molar-refractivity contribution is 5.75. The van der Waals surface area contributed by atoms with E-state index < -0.39 is 0 Å². The summed E-state index contributed by atoms with van der Waals surface area (Å²) >= 11 is 0. The van der Waals surface area contributed by atoms with Crippen molar-refractivity contribution in [3.8, 4) is 0 Å². The minimum atomic E-state index is -0.255. The Morgan fingerprint density at radius 2 is 1.95 bits per heavy atom. The molecule has 1 aromatic carbocycles. The van der Waals surface area contributed by atoms with Crippen molar-refractivity contribution in [2.24, 2.45) is 5.92 Å². The molecule has 0 aliphatic heterocycles. The second kappa shape index (κ2) is 7.27. The number of benzene rings is 1. The molecular weight excluding hydrogens is 241 g/mol. The van der Waals surface area contributed by atoms with Crippen LogP contribution in [0.2, 0.25) is 0 Å². The van der Waals surface area contributed by atoms with E-state index in [9.17, 15) is 9.18 Å². The molecule has 0 bridgehead atoms. The largest absolute Gasteiger partial charge is 0.352 e. The quantitative estimate of drug-likeness (QED) is 0.860. The van der Waals surface area contributed by atoms with Crippen molar-refractivity contribution in [2.75, 3.05) is 0 Å². The van der Waals surface area contributed by atoms with E-state index in [1.807, 2.05) is 0 Å². The lowest BCUT2D eigenvalue weighted by atomic mass is 9.86. The van der Waals surface area contributed by atoms with Crippen LogP contribution in [0.3, 0.4) is 0 Å². The Bertz CT molecular complexity index is 413. The van der Waals surface area contributed by atoms with Gasteiger partial charge in [-0.3, -0.25) is 4.79 Å². The SMILES string of the molecule is O=C(CCC1CCCCC1)NCc1ccccc1F. The van der Waals surface area contributed by atoms with E-state index in [0.29, 0.717) is 17.9 Å². The van der Waals surface area contributed by atoms with Crippen LogP contribution >= 0.6 is 0 Å². The van der Waals surface area contributed by atoms with E-state index >= 15 is 0 Å². The second-order valence-corrected chi connectivity index (χ2v) is 5.41. The Morgan fingerprint density at radius 1 is 1.21 bits per heavy atom. The molecule has 2 rings (SSSR count). The van der Waals surface area contributed by atoms with Crippen molar-refractivity contribution in [2.45, 2.75) is 51.5 Å². The van der Waals surface area contributed by atoms with E-state index in [1.54, 1.807) is 18.2 Å². The van der Waals surface area contributed by atoms with Crippen LogP contribution in [0.1, 0.15) is 50.5 Å². The van der Waals surface area contributed by atoms with Crippen molar-refractivity contribution >= 4 is 5.91 Å². The third kappa shape index (κ3) is 4.66. The number of hydrogen-bond donors (Lipinski definition) is 1. The maximum atomic E-state index is 13.4. The summed E-state index contributed by atoms with van der Waals surface area (Å²) in [5, 5.41) is 2.80. The Balaban J connectivity index is 1.68. The zero-order chi connectivity index (χ0) is 13.5. The Kier molecular flexibility index (Phi) is 5.37. The van der Waals surface area contributed by atoms with Crippen LogP contribution < -0.4 is 5.32 Å². The highest BCUT2D eigenvalue weighted by atomic mass is 19.1. The zero-order valence-electron chi connectivity index (χ0n) is 11.3. The lowest BCUT2D eigenvalue weighted by Gasteiger charge is -2.21. The first kappa shape index (κ1) is 14.0. The number of carbonyl (C=O) groups excluding carboxylic acids is 1. The predicted octanol–water partition coefficient (Wildman–Crippen LogP) is 3.80. The fraction of sp³-hybridized carbons (Fsp3) is 0.562. The van der Waals surface area contributed by atoms with Crippen molar-refractivity contribution in [1.82, 2.24) is 5.32 Å². The molecule has 3 heteroatoms. The molecule has 104 valence electrons. The molecule has 1 aliphatic rings. The number of halogens is 1. The maximum Gasteiger partial charge on any atom is 0.220 e. The summed E-state index contributed by atoms with van der Waals surface area (Å²) in [6.07, 6.45) is 8.03. The summed E-state index contributed by atoms with van der Waals surface area (Å²) in [5.41, 5.74) is 0.550. The van der Waals surface area contributed by atoms with E-state index in [2.05, 4.69) is 5.32 Å². The number of hydrogen-bond acceptors (Lipinski definition) is 1. The van der Waals surface area contributed by atoms with Crippen LogP contribution in [-0.4, -0.2) is 5.91 Å². The van der Waals surface area contributed by atoms with Gasteiger partial charge in [0.2, 0.25) is 5.91 Å². The predicted molar refractivity (Wildman–Crippen MR) is 74.1 cm³/mol. The molecule has 2 nitrogen and oxygen atoms in total. The first-order valence-corrected chi connectivity index (χ1v) is 7.26. The van der Waals surface area contributed by atoms with Gasteiger partial charge in [0.15, 0.2) is 0 Å². The Morgan fingerprint density at radius 3 is 2.68 bits per heavy atom. The molecule has 1 amide bonds. The second-order valence-electron chi connectivity index (χ2n) is 5.41. The zero-order valence-corrected chi connectivity index (χ0v) is 11.3. The van der Waals surface area contributed by atoms with Gasteiger partial charge < -0.3 is 5.32 Å². The summed E-state index contributed by atoms with van der Waals surface area (Å²) < 4.78 is 13.4. The fourth-order valence-corrected chi connectivity index (χ4v) is 2.73. The lowest BCUT2D eigenvalue weighted by molar-refractivity contribution is -0.121. The van der Waals surface area contributed by atoms with E-state index in [0.717, 1.165) is 6.42 Å². The van der Waals surface area contributed by atoms with Gasteiger partial charge in [-0.15, -0.1) is 0 Å². The summed E-state index contributed by atoms with van der Waals surface area (Å²) in [5.74, 6) is 0.497. The third-order valence-electron chi connectivity index (χ3n) is 3.94. The van der Waals surface area contributed by atoms with Crippen LogP contribution in [-0.2, 0) is 11.3 Å². The Hall–Kier alpha value is -1.38. The molecule has 0 atom stereocenters. The van der Waals surface area contributed by atoms with Gasteiger partial charge >= 0.3 is 0 Å². The molecule has 0 heterocycles. The molecule has 1 N–H and O–H groups in total. The minimum Gasteiger partial charge on any atom is -0.352 e. The molecule has 0 aromatic heterocycles. The number of amides is 1. The molecule has 0 spiro atoms. The van der Waals surface area contributed by atoms with Crippen LogP contribution in [0.25, 0.3) is 0 Å². The van der Waals surface area contributed by atoms with Crippen molar-refractivity contribution in [3.05, 3.63) is 35.6 Å². The highest BCUT2D eigenvalue weighted by Crippen LogP contribution is 2.27. The average molecular weight is 263 g/mol.